The van der Waals surface area contributed by atoms with Crippen LogP contribution >= 0.6 is 0 Å². The van der Waals surface area contributed by atoms with E-state index in [9.17, 15) is 5.11 Å². The summed E-state index contributed by atoms with van der Waals surface area (Å²) in [4.78, 5) is 0. The highest BCUT2D eigenvalue weighted by Crippen LogP contribution is 2.41. The van der Waals surface area contributed by atoms with Gasteiger partial charge in [0.15, 0.2) is 0 Å². The fraction of sp³-hybridized carbons (Fsp3) is 0.500. The summed E-state index contributed by atoms with van der Waals surface area (Å²) >= 11 is 0. The Kier molecular flexibility index (Phi) is 4.81. The first kappa shape index (κ1) is 16.8. The van der Waals surface area contributed by atoms with Crippen LogP contribution in [0.2, 0.25) is 0 Å². The minimum Gasteiger partial charge on any atom is -0.497 e. The second-order valence-corrected chi connectivity index (χ2v) is 7.14. The maximum Gasteiger partial charge on any atom is 0.119 e. The molecule has 1 aromatic rings. The van der Waals surface area contributed by atoms with Gasteiger partial charge in [-0.2, -0.15) is 0 Å². The molecule has 2 nitrogen and oxygen atoms in total. The van der Waals surface area contributed by atoms with Crippen LogP contribution in [0.4, 0.5) is 0 Å². The van der Waals surface area contributed by atoms with Crippen molar-refractivity contribution in [2.45, 2.75) is 52.6 Å². The van der Waals surface area contributed by atoms with Crippen molar-refractivity contribution in [3.05, 3.63) is 53.1 Å². The Labute approximate surface area is 134 Å². The molecule has 1 N–H and O–H groups in total. The SMILES string of the molecule is COc1cccc(C(C)(O)C=CC2=C(C)CCCC2(C)C)c1. The van der Waals surface area contributed by atoms with E-state index < -0.39 is 5.60 Å². The van der Waals surface area contributed by atoms with E-state index in [0.29, 0.717) is 0 Å². The van der Waals surface area contributed by atoms with Gasteiger partial charge in [-0.05, 0) is 67.9 Å². The van der Waals surface area contributed by atoms with Crippen molar-refractivity contribution in [1.29, 1.82) is 0 Å². The number of hydrogen-bond acceptors (Lipinski definition) is 2. The van der Waals surface area contributed by atoms with E-state index in [-0.39, 0.29) is 5.41 Å². The van der Waals surface area contributed by atoms with Crippen LogP contribution in [-0.2, 0) is 5.60 Å². The Morgan fingerprint density at radius 2 is 2.05 bits per heavy atom. The van der Waals surface area contributed by atoms with Crippen molar-refractivity contribution in [2.75, 3.05) is 7.11 Å². The molecule has 0 radical (unpaired) electrons. The molecular formula is C20H28O2. The molecule has 22 heavy (non-hydrogen) atoms. The molecule has 0 aromatic heterocycles. The van der Waals surface area contributed by atoms with E-state index in [4.69, 9.17) is 4.74 Å². The lowest BCUT2D eigenvalue weighted by Crippen LogP contribution is -2.21. The molecule has 0 bridgehead atoms. The predicted octanol–water partition coefficient (Wildman–Crippen LogP) is 4.99. The third-order valence-electron chi connectivity index (χ3n) is 4.77. The molecule has 2 rings (SSSR count). The average molecular weight is 300 g/mol. The molecule has 0 saturated carbocycles. The van der Waals surface area contributed by atoms with Gasteiger partial charge >= 0.3 is 0 Å². The van der Waals surface area contributed by atoms with Gasteiger partial charge in [0.2, 0.25) is 0 Å². The number of hydrogen-bond donors (Lipinski definition) is 1. The molecule has 0 saturated heterocycles. The van der Waals surface area contributed by atoms with Crippen molar-refractivity contribution < 1.29 is 9.84 Å². The van der Waals surface area contributed by atoms with Gasteiger partial charge in [0.25, 0.3) is 0 Å². The van der Waals surface area contributed by atoms with Gasteiger partial charge in [0.05, 0.1) is 7.11 Å². The van der Waals surface area contributed by atoms with Crippen LogP contribution in [0.5, 0.6) is 5.75 Å². The molecule has 0 aliphatic heterocycles. The first-order valence-corrected chi connectivity index (χ1v) is 8.03. The Morgan fingerprint density at radius 1 is 1.32 bits per heavy atom. The van der Waals surface area contributed by atoms with Crippen molar-refractivity contribution >= 4 is 0 Å². The van der Waals surface area contributed by atoms with Crippen LogP contribution in [0.25, 0.3) is 0 Å². The highest BCUT2D eigenvalue weighted by Gasteiger charge is 2.28. The topological polar surface area (TPSA) is 29.5 Å². The third-order valence-corrected chi connectivity index (χ3v) is 4.77. The summed E-state index contributed by atoms with van der Waals surface area (Å²) < 4.78 is 5.25. The molecule has 1 aromatic carbocycles. The van der Waals surface area contributed by atoms with Gasteiger partial charge in [-0.15, -0.1) is 0 Å². The molecule has 0 heterocycles. The lowest BCUT2D eigenvalue weighted by atomic mass is 9.72. The van der Waals surface area contributed by atoms with E-state index in [1.165, 1.54) is 24.0 Å². The number of aliphatic hydroxyl groups is 1. The maximum atomic E-state index is 10.8. The molecular weight excluding hydrogens is 272 g/mol. The van der Waals surface area contributed by atoms with Gasteiger partial charge < -0.3 is 9.84 Å². The average Bonchev–Trinajstić information content (AvgIpc) is 2.46. The first-order valence-electron chi connectivity index (χ1n) is 8.03. The van der Waals surface area contributed by atoms with Crippen molar-refractivity contribution in [1.82, 2.24) is 0 Å². The molecule has 1 aliphatic rings. The predicted molar refractivity (Wildman–Crippen MR) is 92.0 cm³/mol. The fourth-order valence-corrected chi connectivity index (χ4v) is 3.29. The highest BCUT2D eigenvalue weighted by molar-refractivity contribution is 5.38. The Morgan fingerprint density at radius 3 is 2.68 bits per heavy atom. The minimum atomic E-state index is -1.00. The molecule has 1 atom stereocenters. The number of ether oxygens (including phenoxy) is 1. The normalized spacial score (nSPS) is 21.0. The van der Waals surface area contributed by atoms with Crippen molar-refractivity contribution in [2.24, 2.45) is 5.41 Å². The third kappa shape index (κ3) is 3.61. The summed E-state index contributed by atoms with van der Waals surface area (Å²) in [6, 6.07) is 7.61. The summed E-state index contributed by atoms with van der Waals surface area (Å²) in [7, 11) is 1.64. The summed E-state index contributed by atoms with van der Waals surface area (Å²) in [5.41, 5.74) is 2.82. The monoisotopic (exact) mass is 300 g/mol. The van der Waals surface area contributed by atoms with Gasteiger partial charge in [-0.1, -0.05) is 37.6 Å². The number of benzene rings is 1. The summed E-state index contributed by atoms with van der Waals surface area (Å²) in [6.45, 7) is 8.61. The summed E-state index contributed by atoms with van der Waals surface area (Å²) in [5, 5.41) is 10.8. The van der Waals surface area contributed by atoms with E-state index >= 15 is 0 Å². The molecule has 0 fully saturated rings. The van der Waals surface area contributed by atoms with Crippen LogP contribution in [0.3, 0.4) is 0 Å². The van der Waals surface area contributed by atoms with Gasteiger partial charge in [0, 0.05) is 0 Å². The van der Waals surface area contributed by atoms with Crippen LogP contribution in [-0.4, -0.2) is 12.2 Å². The molecule has 0 amide bonds. The Balaban J connectivity index is 2.31. The van der Waals surface area contributed by atoms with E-state index in [0.717, 1.165) is 17.7 Å². The van der Waals surface area contributed by atoms with Crippen LogP contribution in [0.1, 0.15) is 52.5 Å². The van der Waals surface area contributed by atoms with Crippen molar-refractivity contribution in [3.63, 3.8) is 0 Å². The van der Waals surface area contributed by atoms with E-state index in [1.54, 1.807) is 7.11 Å². The number of allylic oxidation sites excluding steroid dienone is 3. The minimum absolute atomic E-state index is 0.184. The molecule has 1 unspecified atom stereocenters. The molecule has 120 valence electrons. The second-order valence-electron chi connectivity index (χ2n) is 7.14. The number of methoxy groups -OCH3 is 1. The standard InChI is InChI=1S/C20H28O2/c1-15-8-7-12-19(2,3)18(15)11-13-20(4,21)16-9-6-10-17(14-16)22-5/h6,9-11,13-14,21H,7-8,12H2,1-5H3. The van der Waals surface area contributed by atoms with Gasteiger partial charge in [-0.3, -0.25) is 0 Å². The lowest BCUT2D eigenvalue weighted by Gasteiger charge is -2.33. The summed E-state index contributed by atoms with van der Waals surface area (Å²) in [6.07, 6.45) is 7.64. The first-order chi connectivity index (χ1) is 10.3. The Bertz CT molecular complexity index is 591. The van der Waals surface area contributed by atoms with Gasteiger partial charge in [-0.25, -0.2) is 0 Å². The quantitative estimate of drug-likeness (QED) is 0.849. The van der Waals surface area contributed by atoms with Crippen molar-refractivity contribution in [3.8, 4) is 5.75 Å². The zero-order valence-corrected chi connectivity index (χ0v) is 14.4. The Hall–Kier alpha value is -1.54. The number of rotatable bonds is 4. The smallest absolute Gasteiger partial charge is 0.119 e. The zero-order valence-electron chi connectivity index (χ0n) is 14.4. The highest BCUT2D eigenvalue weighted by atomic mass is 16.5. The largest absolute Gasteiger partial charge is 0.497 e. The van der Waals surface area contributed by atoms with E-state index in [2.05, 4.69) is 26.8 Å². The van der Waals surface area contributed by atoms with Crippen LogP contribution < -0.4 is 4.74 Å². The molecule has 1 aliphatic carbocycles. The van der Waals surface area contributed by atoms with Crippen LogP contribution in [0.15, 0.2) is 47.6 Å². The van der Waals surface area contributed by atoms with E-state index in [1.807, 2.05) is 37.3 Å². The lowest BCUT2D eigenvalue weighted by molar-refractivity contribution is 0.111. The van der Waals surface area contributed by atoms with Gasteiger partial charge in [0.1, 0.15) is 11.4 Å². The zero-order chi connectivity index (χ0) is 16.4. The molecule has 2 heteroatoms. The fourth-order valence-electron chi connectivity index (χ4n) is 3.29. The summed E-state index contributed by atoms with van der Waals surface area (Å²) in [5.74, 6) is 0.763. The maximum absolute atomic E-state index is 10.8. The van der Waals surface area contributed by atoms with Crippen LogP contribution in [0, 0.1) is 5.41 Å². The second kappa shape index (κ2) is 6.29. The molecule has 0 spiro atoms.